The van der Waals surface area contributed by atoms with Crippen LogP contribution in [-0.4, -0.2) is 21.4 Å². The summed E-state index contributed by atoms with van der Waals surface area (Å²) in [5, 5.41) is 9.03. The zero-order valence-corrected chi connectivity index (χ0v) is 16.8. The molecule has 4 rings (SSSR count). The van der Waals surface area contributed by atoms with Crippen LogP contribution < -0.4 is 0 Å². The van der Waals surface area contributed by atoms with Gasteiger partial charge in [0.15, 0.2) is 19.1 Å². The van der Waals surface area contributed by atoms with Gasteiger partial charge in [0, 0.05) is 18.1 Å². The van der Waals surface area contributed by atoms with E-state index in [0.717, 1.165) is 0 Å². The normalized spacial score (nSPS) is 9.34. The van der Waals surface area contributed by atoms with Crippen molar-refractivity contribution in [2.45, 2.75) is 14.0 Å². The number of aliphatic hydroxyl groups is 1. The molecule has 8 nitrogen and oxygen atoms in total. The number of nitrogens with zero attached hydrogens (tertiary/aromatic N) is 2. The Morgan fingerprint density at radius 1 is 0.938 bits per heavy atom. The first-order chi connectivity index (χ1) is 15.0. The third-order valence-electron chi connectivity index (χ3n) is 3.80. The van der Waals surface area contributed by atoms with Crippen molar-refractivity contribution in [3.05, 3.63) is 84.5 Å². The van der Waals surface area contributed by atoms with Gasteiger partial charge in [0.25, 0.3) is 0 Å². The molecular formula is C21H20F2MnN2O6. The molecule has 0 unspecified atom stereocenters. The first-order valence-electron chi connectivity index (χ1n) is 8.34. The molecule has 0 saturated carbocycles. The van der Waals surface area contributed by atoms with E-state index >= 15 is 0 Å². The van der Waals surface area contributed by atoms with E-state index in [-0.39, 0.29) is 21.3 Å². The van der Waals surface area contributed by atoms with Crippen molar-refractivity contribution < 1.29 is 51.4 Å². The van der Waals surface area contributed by atoms with E-state index in [2.05, 4.69) is 9.97 Å². The molecule has 0 bridgehead atoms. The second-order valence-corrected chi connectivity index (χ2v) is 5.82. The minimum atomic E-state index is -1.44. The van der Waals surface area contributed by atoms with Gasteiger partial charge in [-0.1, -0.05) is 13.5 Å². The predicted molar refractivity (Wildman–Crippen MR) is 105 cm³/mol. The van der Waals surface area contributed by atoms with E-state index in [1.165, 1.54) is 61.7 Å². The summed E-state index contributed by atoms with van der Waals surface area (Å²) in [6.45, 7) is -0.150. The van der Waals surface area contributed by atoms with E-state index in [1.807, 2.05) is 0 Å². The molecule has 0 radical (unpaired) electrons. The molecule has 0 spiro atoms. The van der Waals surface area contributed by atoms with Crippen molar-refractivity contribution >= 4 is 6.29 Å². The van der Waals surface area contributed by atoms with Crippen LogP contribution in [0.5, 0.6) is 0 Å². The van der Waals surface area contributed by atoms with Crippen LogP contribution in [0.25, 0.3) is 22.5 Å². The van der Waals surface area contributed by atoms with Gasteiger partial charge in [0.2, 0.25) is 0 Å². The standard InChI is InChI=1S/C10H8FNO2.C10H6FNO2.CH4.Mn.2O.H2/c2*11-8-2-1-7(4-13)9(3-8)10-5-14-6-12-10;;;;;/h1-3,5-6,13H,4H2;1-6H;1H4;;;;1H/i;;;;;;1+1. The van der Waals surface area contributed by atoms with Crippen molar-refractivity contribution in [3.63, 3.8) is 0 Å². The van der Waals surface area contributed by atoms with Crippen LogP contribution >= 0.6 is 0 Å². The molecule has 0 atom stereocenters. The average Bonchev–Trinajstić information content (AvgIpc) is 3.49. The van der Waals surface area contributed by atoms with E-state index in [1.54, 1.807) is 0 Å². The number of aldehydes is 1. The molecule has 32 heavy (non-hydrogen) atoms. The fraction of sp³-hybridized carbons (Fsp3) is 0.0952. The third-order valence-corrected chi connectivity index (χ3v) is 3.80. The molecule has 2 heterocycles. The number of carbonyl (C=O) groups is 1. The van der Waals surface area contributed by atoms with Gasteiger partial charge in [-0.2, -0.15) is 0 Å². The molecule has 2 aromatic carbocycles. The summed E-state index contributed by atoms with van der Waals surface area (Å²) >= 11 is -1.44. The van der Waals surface area contributed by atoms with Crippen molar-refractivity contribution in [1.29, 1.82) is 0 Å². The second kappa shape index (κ2) is 13.7. The van der Waals surface area contributed by atoms with Gasteiger partial charge in [-0.25, -0.2) is 18.7 Å². The first-order valence-corrected chi connectivity index (χ1v) is 9.30. The summed E-state index contributed by atoms with van der Waals surface area (Å²) in [6, 6.07) is 8.04. The number of hydrogen-bond acceptors (Lipinski definition) is 8. The summed E-state index contributed by atoms with van der Waals surface area (Å²) in [5.74, 6) is -0.770. The van der Waals surface area contributed by atoms with Crippen LogP contribution in [0.2, 0.25) is 0 Å². The molecule has 2 aromatic heterocycles. The van der Waals surface area contributed by atoms with Gasteiger partial charge in [-0.15, -0.1) is 0 Å². The molecule has 11 heteroatoms. The average molecular weight is 490 g/mol. The SMILES string of the molecule is C.O=Cc1ccc(F)cc1-c1cocn1.OCc1ccc(F)cc1-c1cocn1.[2HH].[O]=[Mn]=[O]. The van der Waals surface area contributed by atoms with E-state index in [4.69, 9.17) is 21.6 Å². The topological polar surface area (TPSA) is 124 Å². The molecule has 0 fully saturated rings. The summed E-state index contributed by atoms with van der Waals surface area (Å²) < 4.78 is 52.2. The van der Waals surface area contributed by atoms with Crippen LogP contribution in [0.3, 0.4) is 0 Å². The predicted octanol–water partition coefficient (Wildman–Crippen LogP) is 4.91. The van der Waals surface area contributed by atoms with Crippen molar-refractivity contribution in [1.82, 2.24) is 9.97 Å². The molecule has 1 N–H and O–H groups in total. The van der Waals surface area contributed by atoms with Gasteiger partial charge in [-0.05, 0) is 35.9 Å². The Bertz CT molecular complexity index is 1150. The van der Waals surface area contributed by atoms with Crippen LogP contribution in [0.4, 0.5) is 8.78 Å². The van der Waals surface area contributed by atoms with Gasteiger partial charge in [0.1, 0.15) is 35.5 Å². The Labute approximate surface area is 189 Å². The second-order valence-electron chi connectivity index (χ2n) is 5.62. The number of hydrogen-bond donors (Lipinski definition) is 1. The Kier molecular flexibility index (Phi) is 11.4. The first kappa shape index (κ1) is 26.5. The molecule has 171 valence electrons. The number of carbonyl (C=O) groups excluding carboxylic acids is 1. The molecule has 0 aliphatic heterocycles. The van der Waals surface area contributed by atoms with E-state index in [0.29, 0.717) is 39.9 Å². The Morgan fingerprint density at radius 3 is 1.91 bits per heavy atom. The molecule has 0 amide bonds. The zero-order valence-electron chi connectivity index (χ0n) is 15.6. The van der Waals surface area contributed by atoms with Crippen LogP contribution in [0, 0.1) is 11.6 Å². The molecule has 0 saturated heterocycles. The van der Waals surface area contributed by atoms with E-state index < -0.39 is 20.6 Å². The minimum absolute atomic E-state index is 0. The quantitative estimate of drug-likeness (QED) is 0.316. The fourth-order valence-electron chi connectivity index (χ4n) is 2.47. The monoisotopic (exact) mass is 490 g/mol. The Morgan fingerprint density at radius 2 is 1.44 bits per heavy atom. The summed E-state index contributed by atoms with van der Waals surface area (Å²) in [4.78, 5) is 18.4. The molecule has 4 aromatic rings. The number of aliphatic hydroxyl groups excluding tert-OH is 1. The van der Waals surface area contributed by atoms with Crippen molar-refractivity contribution in [2.75, 3.05) is 0 Å². The van der Waals surface area contributed by atoms with Gasteiger partial charge in [0.05, 0.1) is 6.61 Å². The number of aromatic nitrogens is 2. The number of rotatable bonds is 4. The third kappa shape index (κ3) is 7.31. The summed E-state index contributed by atoms with van der Waals surface area (Å²) in [6.07, 6.45) is 5.93. The van der Waals surface area contributed by atoms with Gasteiger partial charge >= 0.3 is 22.5 Å². The Hall–Kier alpha value is -3.53. The number of halogens is 2. The van der Waals surface area contributed by atoms with E-state index in [9.17, 15) is 13.6 Å². The molecule has 0 aliphatic rings. The van der Waals surface area contributed by atoms with Crippen LogP contribution in [-0.2, 0) is 29.1 Å². The fourth-order valence-corrected chi connectivity index (χ4v) is 2.47. The summed E-state index contributed by atoms with van der Waals surface area (Å²) in [5.41, 5.74) is 2.98. The van der Waals surface area contributed by atoms with Crippen molar-refractivity contribution in [2.24, 2.45) is 0 Å². The van der Waals surface area contributed by atoms with Gasteiger partial charge in [-0.3, -0.25) is 4.79 Å². The van der Waals surface area contributed by atoms with Crippen LogP contribution in [0.15, 0.2) is 70.5 Å². The Balaban J connectivity index is 0.000000527. The maximum absolute atomic E-state index is 12.9. The van der Waals surface area contributed by atoms with Crippen molar-refractivity contribution in [3.8, 4) is 22.5 Å². The van der Waals surface area contributed by atoms with Crippen LogP contribution in [0.1, 0.15) is 24.8 Å². The zero-order chi connectivity index (χ0) is 22.6. The maximum atomic E-state index is 12.9. The van der Waals surface area contributed by atoms with Gasteiger partial charge < -0.3 is 13.9 Å². The number of benzene rings is 2. The number of oxazole rings is 2. The molecular weight excluding hydrogens is 469 g/mol. The molecule has 0 aliphatic carbocycles. The summed E-state index contributed by atoms with van der Waals surface area (Å²) in [7, 11) is 0.